The Morgan fingerprint density at radius 1 is 1.07 bits per heavy atom. The molecule has 0 unspecified atom stereocenters. The number of aldehydes is 2. The summed E-state index contributed by atoms with van der Waals surface area (Å²) < 4.78 is 0.715. The van der Waals surface area contributed by atoms with Crippen molar-refractivity contribution in [2.45, 2.75) is 0 Å². The van der Waals surface area contributed by atoms with Gasteiger partial charge in [0.1, 0.15) is 6.29 Å². The summed E-state index contributed by atoms with van der Waals surface area (Å²) >= 11 is 1.97. The van der Waals surface area contributed by atoms with Crippen molar-refractivity contribution in [2.24, 2.45) is 0 Å². The van der Waals surface area contributed by atoms with Gasteiger partial charge in [-0.05, 0) is 28.7 Å². The Morgan fingerprint density at radius 3 is 1.73 bits per heavy atom. The first-order valence-electron chi connectivity index (χ1n) is 4.21. The van der Waals surface area contributed by atoms with Crippen molar-refractivity contribution in [3.8, 4) is 0 Å². The van der Waals surface area contributed by atoms with E-state index in [1.165, 1.54) is 6.08 Å². The summed E-state index contributed by atoms with van der Waals surface area (Å²) in [6, 6.07) is 0. The van der Waals surface area contributed by atoms with Crippen LogP contribution >= 0.6 is 22.6 Å². The van der Waals surface area contributed by atoms with Gasteiger partial charge in [0.2, 0.25) is 0 Å². The Labute approximate surface area is 105 Å². The van der Waals surface area contributed by atoms with Gasteiger partial charge < -0.3 is 9.80 Å². The second kappa shape index (κ2) is 11.2. The van der Waals surface area contributed by atoms with Gasteiger partial charge in [-0.25, -0.2) is 0 Å². The van der Waals surface area contributed by atoms with E-state index < -0.39 is 0 Å². The number of allylic oxidation sites excluding steroid dienone is 2. The van der Waals surface area contributed by atoms with Crippen molar-refractivity contribution in [1.29, 1.82) is 0 Å². The van der Waals surface area contributed by atoms with Crippen molar-refractivity contribution in [1.82, 2.24) is 9.80 Å². The fraction of sp³-hybridized carbons (Fsp3) is 0.400. The first-order chi connectivity index (χ1) is 6.93. The van der Waals surface area contributed by atoms with Gasteiger partial charge in [0, 0.05) is 40.6 Å². The van der Waals surface area contributed by atoms with Crippen LogP contribution in [0.3, 0.4) is 0 Å². The molecule has 4 nitrogen and oxygen atoms in total. The van der Waals surface area contributed by atoms with Gasteiger partial charge in [0.15, 0.2) is 6.29 Å². The normalized spacial score (nSPS) is 10.3. The average molecular weight is 324 g/mol. The third-order valence-electron chi connectivity index (χ3n) is 0.957. The Bertz CT molecular complexity index is 236. The molecule has 0 aliphatic carbocycles. The summed E-state index contributed by atoms with van der Waals surface area (Å²) in [5, 5.41) is 0. The number of nitrogens with zero attached hydrogens (tertiary/aromatic N) is 2. The van der Waals surface area contributed by atoms with Gasteiger partial charge in [0.05, 0.1) is 3.58 Å². The molecule has 5 heteroatoms. The highest BCUT2D eigenvalue weighted by Gasteiger charge is 1.84. The number of halogens is 1. The van der Waals surface area contributed by atoms with E-state index in [0.717, 1.165) is 12.6 Å². The average Bonchev–Trinajstić information content (AvgIpc) is 2.14. The molecular formula is C10H17IN2O2. The lowest BCUT2D eigenvalue weighted by Crippen LogP contribution is -2.01. The van der Waals surface area contributed by atoms with Crippen LogP contribution in [0.2, 0.25) is 0 Å². The number of hydrogen-bond donors (Lipinski definition) is 0. The minimum Gasteiger partial charge on any atom is -0.383 e. The van der Waals surface area contributed by atoms with Crippen LogP contribution in [0, 0.1) is 0 Å². The Hall–Kier alpha value is -0.850. The van der Waals surface area contributed by atoms with E-state index in [9.17, 15) is 9.59 Å². The number of hydrogen-bond acceptors (Lipinski definition) is 4. The molecule has 0 amide bonds. The van der Waals surface area contributed by atoms with Crippen molar-refractivity contribution < 1.29 is 9.59 Å². The second-order valence-electron chi connectivity index (χ2n) is 3.04. The molecule has 0 aromatic carbocycles. The van der Waals surface area contributed by atoms with Crippen molar-refractivity contribution >= 4 is 35.2 Å². The molecule has 86 valence electrons. The van der Waals surface area contributed by atoms with Gasteiger partial charge in [-0.15, -0.1) is 0 Å². The second-order valence-corrected chi connectivity index (χ2v) is 4.28. The summed E-state index contributed by atoms with van der Waals surface area (Å²) in [5.41, 5.74) is 0. The van der Waals surface area contributed by atoms with Crippen molar-refractivity contribution in [2.75, 3.05) is 28.2 Å². The van der Waals surface area contributed by atoms with Crippen LogP contribution < -0.4 is 0 Å². The molecule has 0 bridgehead atoms. The molecule has 0 spiro atoms. The summed E-state index contributed by atoms with van der Waals surface area (Å²) in [4.78, 5) is 23.2. The minimum atomic E-state index is 0.715. The van der Waals surface area contributed by atoms with E-state index in [1.54, 1.807) is 17.3 Å². The summed E-state index contributed by atoms with van der Waals surface area (Å²) in [7, 11) is 7.48. The van der Waals surface area contributed by atoms with Crippen LogP contribution in [0.15, 0.2) is 22.1 Å². The fourth-order valence-corrected chi connectivity index (χ4v) is 1.04. The SMILES string of the molecule is CN(C)/C=C(\I)C=O.CN(C)/C=C/C=O. The van der Waals surface area contributed by atoms with Gasteiger partial charge in [-0.2, -0.15) is 0 Å². The molecule has 15 heavy (non-hydrogen) atoms. The monoisotopic (exact) mass is 324 g/mol. The van der Waals surface area contributed by atoms with E-state index in [1.807, 2.05) is 55.7 Å². The van der Waals surface area contributed by atoms with E-state index in [0.29, 0.717) is 3.58 Å². The lowest BCUT2D eigenvalue weighted by molar-refractivity contribution is -0.105. The molecule has 0 rings (SSSR count). The molecule has 0 aliphatic rings. The lowest BCUT2D eigenvalue weighted by atomic mass is 10.6. The van der Waals surface area contributed by atoms with Crippen LogP contribution in [0.25, 0.3) is 0 Å². The molecule has 0 atom stereocenters. The van der Waals surface area contributed by atoms with Crippen LogP contribution in [0.4, 0.5) is 0 Å². The third kappa shape index (κ3) is 19.5. The summed E-state index contributed by atoms with van der Waals surface area (Å²) in [5.74, 6) is 0. The highest BCUT2D eigenvalue weighted by Crippen LogP contribution is 2.00. The number of carbonyl (C=O) groups is 2. The van der Waals surface area contributed by atoms with Crippen LogP contribution in [0.1, 0.15) is 0 Å². The molecule has 0 aromatic heterocycles. The standard InChI is InChI=1S/C5H8INO.C5H9NO/c1-7(2)3-5(6)4-8;1-6(2)4-3-5-7/h3-4H,1-2H3;3-5H,1-2H3/b5-3-;4-3+. The molecule has 0 N–H and O–H groups in total. The summed E-state index contributed by atoms with van der Waals surface area (Å²) in [6.07, 6.45) is 6.46. The lowest BCUT2D eigenvalue weighted by Gasteiger charge is -2.01. The molecule has 0 saturated heterocycles. The maximum Gasteiger partial charge on any atom is 0.157 e. The molecule has 0 heterocycles. The van der Waals surface area contributed by atoms with Crippen LogP contribution in [-0.4, -0.2) is 50.6 Å². The van der Waals surface area contributed by atoms with E-state index in [-0.39, 0.29) is 0 Å². The highest BCUT2D eigenvalue weighted by atomic mass is 127. The zero-order chi connectivity index (χ0) is 12.3. The maximum atomic E-state index is 9.94. The Balaban J connectivity index is 0. The predicted octanol–water partition coefficient (Wildman–Crippen LogP) is 1.28. The topological polar surface area (TPSA) is 40.6 Å². The minimum absolute atomic E-state index is 0.715. The van der Waals surface area contributed by atoms with Crippen LogP contribution in [0.5, 0.6) is 0 Å². The van der Waals surface area contributed by atoms with Crippen molar-refractivity contribution in [3.63, 3.8) is 0 Å². The van der Waals surface area contributed by atoms with Gasteiger partial charge in [-0.3, -0.25) is 9.59 Å². The Kier molecular flexibility index (Phi) is 12.4. The highest BCUT2D eigenvalue weighted by molar-refractivity contribution is 14.1. The fourth-order valence-electron chi connectivity index (χ4n) is 0.484. The number of rotatable bonds is 4. The first kappa shape index (κ1) is 16.6. The summed E-state index contributed by atoms with van der Waals surface area (Å²) in [6.45, 7) is 0. The van der Waals surface area contributed by atoms with Gasteiger partial charge in [-0.1, -0.05) is 0 Å². The molecule has 0 radical (unpaired) electrons. The largest absolute Gasteiger partial charge is 0.383 e. The molecule has 0 fully saturated rings. The third-order valence-corrected chi connectivity index (χ3v) is 1.49. The van der Waals surface area contributed by atoms with Crippen LogP contribution in [-0.2, 0) is 9.59 Å². The molecule has 0 aromatic rings. The van der Waals surface area contributed by atoms with Crippen molar-refractivity contribution in [3.05, 3.63) is 22.1 Å². The van der Waals surface area contributed by atoms with E-state index in [2.05, 4.69) is 0 Å². The molecule has 0 saturated carbocycles. The Morgan fingerprint density at radius 2 is 1.60 bits per heavy atom. The quantitative estimate of drug-likeness (QED) is 0.444. The maximum absolute atomic E-state index is 9.94. The van der Waals surface area contributed by atoms with Gasteiger partial charge in [0.25, 0.3) is 0 Å². The zero-order valence-corrected chi connectivity index (χ0v) is 11.6. The molecular weight excluding hydrogens is 307 g/mol. The molecule has 0 aliphatic heterocycles. The van der Waals surface area contributed by atoms with Gasteiger partial charge >= 0.3 is 0 Å². The smallest absolute Gasteiger partial charge is 0.157 e. The zero-order valence-electron chi connectivity index (χ0n) is 9.48. The van der Waals surface area contributed by atoms with E-state index >= 15 is 0 Å². The predicted molar refractivity (Wildman–Crippen MR) is 70.7 cm³/mol. The number of carbonyl (C=O) groups excluding carboxylic acids is 2. The first-order valence-corrected chi connectivity index (χ1v) is 5.29. The van der Waals surface area contributed by atoms with E-state index in [4.69, 9.17) is 0 Å².